The van der Waals surface area contributed by atoms with Crippen molar-refractivity contribution in [2.75, 3.05) is 11.9 Å². The Balaban J connectivity index is 1.04. The van der Waals surface area contributed by atoms with Crippen molar-refractivity contribution >= 4 is 135 Å². The molecule has 0 aliphatic heterocycles. The second kappa shape index (κ2) is 13.9. The minimum atomic E-state index is -0.00889. The lowest BCUT2D eigenvalue weighted by Crippen LogP contribution is -2.09. The predicted octanol–water partition coefficient (Wildman–Crippen LogP) is 19.5. The molecule has 0 saturated heterocycles. The summed E-state index contributed by atoms with van der Waals surface area (Å²) in [6, 6.07) is 70.3. The van der Waals surface area contributed by atoms with Crippen LogP contribution in [0.3, 0.4) is 0 Å². The second-order valence-electron chi connectivity index (χ2n) is 20.8. The molecular formula is C70H46N2. The number of hydrogen-bond donors (Lipinski definition) is 2. The van der Waals surface area contributed by atoms with Crippen LogP contribution in [0.15, 0.2) is 182 Å². The molecule has 1 aliphatic rings. The Morgan fingerprint density at radius 2 is 0.736 bits per heavy atom. The van der Waals surface area contributed by atoms with Crippen LogP contribution in [-0.4, -0.2) is 6.54 Å². The Hall–Kier alpha value is -8.56. The zero-order chi connectivity index (χ0) is 47.2. The van der Waals surface area contributed by atoms with Crippen LogP contribution in [0, 0.1) is 0 Å². The monoisotopic (exact) mass is 914 g/mol. The molecule has 1 unspecified atom stereocenters. The van der Waals surface area contributed by atoms with E-state index in [1.807, 2.05) is 0 Å². The van der Waals surface area contributed by atoms with Gasteiger partial charge >= 0.3 is 0 Å². The summed E-state index contributed by atoms with van der Waals surface area (Å²) in [5, 5.41) is 35.6. The molecule has 0 aromatic heterocycles. The zero-order valence-corrected chi connectivity index (χ0v) is 40.1. The molecule has 17 rings (SSSR count). The van der Waals surface area contributed by atoms with Crippen LogP contribution < -0.4 is 11.1 Å². The highest BCUT2D eigenvalue weighted by molar-refractivity contribution is 6.51. The molecule has 0 spiro atoms. The van der Waals surface area contributed by atoms with E-state index in [0.717, 1.165) is 19.4 Å². The fourth-order valence-electron chi connectivity index (χ4n) is 14.5. The van der Waals surface area contributed by atoms with Crippen molar-refractivity contribution in [2.45, 2.75) is 32.7 Å². The van der Waals surface area contributed by atoms with Gasteiger partial charge in [0, 0.05) is 18.3 Å². The Morgan fingerprint density at radius 3 is 1.25 bits per heavy atom. The van der Waals surface area contributed by atoms with Gasteiger partial charge in [-0.15, -0.1) is 0 Å². The molecule has 0 amide bonds. The molecule has 72 heavy (non-hydrogen) atoms. The van der Waals surface area contributed by atoms with Crippen LogP contribution in [0.5, 0.6) is 0 Å². The lowest BCUT2D eigenvalue weighted by molar-refractivity contribution is 0.704. The highest BCUT2D eigenvalue weighted by atomic mass is 14.9. The second-order valence-corrected chi connectivity index (χ2v) is 20.8. The molecule has 1 atom stereocenters. The minimum Gasteiger partial charge on any atom is -0.385 e. The molecule has 0 saturated carbocycles. The van der Waals surface area contributed by atoms with Crippen LogP contribution >= 0.6 is 0 Å². The van der Waals surface area contributed by atoms with Crippen molar-refractivity contribution in [2.24, 2.45) is 5.73 Å². The van der Waals surface area contributed by atoms with Crippen LogP contribution in [0.2, 0.25) is 0 Å². The topological polar surface area (TPSA) is 38.0 Å². The van der Waals surface area contributed by atoms with E-state index >= 15 is 0 Å². The van der Waals surface area contributed by atoms with Crippen LogP contribution in [-0.2, 0) is 0 Å². The summed E-state index contributed by atoms with van der Waals surface area (Å²) in [6.07, 6.45) is 1.99. The summed E-state index contributed by atoms with van der Waals surface area (Å²) in [7, 11) is 0. The maximum absolute atomic E-state index is 6.80. The lowest BCUT2D eigenvalue weighted by Gasteiger charge is -2.19. The molecule has 0 heterocycles. The van der Waals surface area contributed by atoms with Gasteiger partial charge in [-0.1, -0.05) is 184 Å². The third-order valence-electron chi connectivity index (χ3n) is 17.4. The third kappa shape index (κ3) is 4.66. The van der Waals surface area contributed by atoms with Crippen molar-refractivity contribution in [3.8, 4) is 44.5 Å². The summed E-state index contributed by atoms with van der Waals surface area (Å²) < 4.78 is 0. The molecule has 0 bridgehead atoms. The molecule has 16 aromatic carbocycles. The number of rotatable bonds is 7. The summed E-state index contributed by atoms with van der Waals surface area (Å²) in [4.78, 5) is 0. The van der Waals surface area contributed by atoms with Gasteiger partial charge in [-0.25, -0.2) is 0 Å². The first-order valence-corrected chi connectivity index (χ1v) is 26.0. The number of nitrogens with two attached hydrogens (primary N) is 1. The van der Waals surface area contributed by atoms with Crippen molar-refractivity contribution < 1.29 is 0 Å². The van der Waals surface area contributed by atoms with Crippen LogP contribution in [0.4, 0.5) is 5.69 Å². The Bertz CT molecular complexity index is 4790. The summed E-state index contributed by atoms with van der Waals surface area (Å²) in [5.41, 5.74) is 19.7. The van der Waals surface area contributed by atoms with E-state index in [1.165, 1.54) is 185 Å². The number of hydrogen-bond acceptors (Lipinski definition) is 2. The average Bonchev–Trinajstić information content (AvgIpc) is 4.08. The van der Waals surface area contributed by atoms with Crippen LogP contribution in [0.25, 0.3) is 174 Å². The fraction of sp³-hybridized carbons (Fsp3) is 0.0857. The Kier molecular flexibility index (Phi) is 7.54. The summed E-state index contributed by atoms with van der Waals surface area (Å²) in [6.45, 7) is 5.38. The first-order valence-electron chi connectivity index (χ1n) is 26.0. The molecule has 2 nitrogen and oxygen atoms in total. The molecule has 2 heteroatoms. The molecule has 1 aliphatic carbocycles. The molecule has 336 valence electrons. The highest BCUT2D eigenvalue weighted by Crippen LogP contribution is 2.59. The zero-order valence-electron chi connectivity index (χ0n) is 40.1. The standard InChI is InChI=1S/C70H46N2/c1-3-34-72-38-18-19-39-43-22-23-47-49-28-32-54-66-55(33-29-50(64(49)66)48-24-25-51(56(39)35-38)61(43)62(47)48)70-59(37-14-9-6-10-15-37)68-53-31-27-46-44-21-20-40(57(71)4-2)41-16-11-17-42(60(41)44)45-26-30-52(65(53)63(45)46)67(68)58(69(54)70)36-12-7-5-8-13-36/h5-33,35,57,72H,3-4,34,71H2,1-2H3. The molecular weight excluding hydrogens is 869 g/mol. The lowest BCUT2D eigenvalue weighted by atomic mass is 9.86. The Labute approximate surface area is 415 Å². The van der Waals surface area contributed by atoms with E-state index in [1.54, 1.807) is 0 Å². The maximum atomic E-state index is 6.80. The van der Waals surface area contributed by atoms with Gasteiger partial charge in [-0.3, -0.25) is 0 Å². The van der Waals surface area contributed by atoms with Crippen molar-refractivity contribution in [3.63, 3.8) is 0 Å². The van der Waals surface area contributed by atoms with Crippen LogP contribution in [0.1, 0.15) is 38.3 Å². The first kappa shape index (κ1) is 39.2. The normalized spacial score (nSPS) is 13.3. The number of benzene rings is 14. The summed E-state index contributed by atoms with van der Waals surface area (Å²) >= 11 is 0. The van der Waals surface area contributed by atoms with E-state index < -0.39 is 0 Å². The summed E-state index contributed by atoms with van der Waals surface area (Å²) in [5.74, 6) is 0. The van der Waals surface area contributed by atoms with E-state index in [9.17, 15) is 0 Å². The quantitative estimate of drug-likeness (QED) is 0.123. The van der Waals surface area contributed by atoms with E-state index in [-0.39, 0.29) is 6.04 Å². The third-order valence-corrected chi connectivity index (χ3v) is 17.4. The van der Waals surface area contributed by atoms with Crippen molar-refractivity contribution in [1.82, 2.24) is 0 Å². The van der Waals surface area contributed by atoms with E-state index in [0.29, 0.717) is 0 Å². The maximum Gasteiger partial charge on any atom is 0.0346 e. The molecule has 3 N–H and O–H groups in total. The van der Waals surface area contributed by atoms with Gasteiger partial charge in [0.15, 0.2) is 0 Å². The van der Waals surface area contributed by atoms with Crippen molar-refractivity contribution in [1.29, 1.82) is 0 Å². The first-order chi connectivity index (χ1) is 35.6. The van der Waals surface area contributed by atoms with Gasteiger partial charge in [0.2, 0.25) is 0 Å². The van der Waals surface area contributed by atoms with E-state index in [4.69, 9.17) is 5.73 Å². The van der Waals surface area contributed by atoms with Gasteiger partial charge in [0.05, 0.1) is 0 Å². The van der Waals surface area contributed by atoms with Gasteiger partial charge in [0.1, 0.15) is 0 Å². The van der Waals surface area contributed by atoms with Gasteiger partial charge in [-0.2, -0.15) is 0 Å². The SMILES string of the molecule is CCCNc1ccc2c(c1)-c1ccc3c4ccc5c6c(-c7ccccc7)c7c8ccc9c%10ccc(C(N)CC)c%11cccc(c%12ccc(c7c(-c7ccccc7)c6c6ccc(c7ccc-2c1c73)c4c65)c8c%129)c%11%10. The number of anilines is 1. The largest absolute Gasteiger partial charge is 0.385 e. The van der Waals surface area contributed by atoms with Gasteiger partial charge in [0.25, 0.3) is 0 Å². The fourth-order valence-corrected chi connectivity index (χ4v) is 14.5. The average molecular weight is 915 g/mol. The smallest absolute Gasteiger partial charge is 0.0346 e. The predicted molar refractivity (Wildman–Crippen MR) is 313 cm³/mol. The van der Waals surface area contributed by atoms with Crippen molar-refractivity contribution in [3.05, 3.63) is 188 Å². The molecule has 0 radical (unpaired) electrons. The number of nitrogens with one attached hydrogen (secondary N) is 1. The molecule has 16 aromatic rings. The Morgan fingerprint density at radius 1 is 0.333 bits per heavy atom. The molecule has 0 fully saturated rings. The van der Waals surface area contributed by atoms with Gasteiger partial charge in [-0.05, 0) is 204 Å². The minimum absolute atomic E-state index is 0.00889. The number of fused-ring (bicyclic) bond motifs is 13. The van der Waals surface area contributed by atoms with E-state index in [2.05, 4.69) is 201 Å². The highest BCUT2D eigenvalue weighted by Gasteiger charge is 2.31. The van der Waals surface area contributed by atoms with Gasteiger partial charge < -0.3 is 11.1 Å².